The maximum atomic E-state index is 12.0. The highest BCUT2D eigenvalue weighted by molar-refractivity contribution is 5.95. The highest BCUT2D eigenvalue weighted by Crippen LogP contribution is 2.16. The molecule has 2 aromatic rings. The maximum absolute atomic E-state index is 12.0. The standard InChI is InChI=1S/C18H20N2O3/c1-3-10-23-16-7-5-14(6-8-16)18(22)20-19-12-15-11-13(2)4-9-17(15)21/h4-9,11-12,21H,3,10H2,1-2H3,(H,20,22)/b19-12+. The first-order chi connectivity index (χ1) is 11.1. The van der Waals surface area contributed by atoms with Gasteiger partial charge in [-0.05, 0) is 49.7 Å². The Balaban J connectivity index is 1.96. The molecule has 1 amide bonds. The van der Waals surface area contributed by atoms with E-state index in [-0.39, 0.29) is 11.7 Å². The first-order valence-corrected chi connectivity index (χ1v) is 7.46. The lowest BCUT2D eigenvalue weighted by Gasteiger charge is -2.05. The van der Waals surface area contributed by atoms with Crippen LogP contribution in [0.25, 0.3) is 0 Å². The van der Waals surface area contributed by atoms with Crippen LogP contribution in [-0.2, 0) is 0 Å². The van der Waals surface area contributed by atoms with Crippen molar-refractivity contribution in [1.29, 1.82) is 0 Å². The van der Waals surface area contributed by atoms with Crippen molar-refractivity contribution in [3.63, 3.8) is 0 Å². The van der Waals surface area contributed by atoms with Gasteiger partial charge >= 0.3 is 0 Å². The van der Waals surface area contributed by atoms with E-state index in [2.05, 4.69) is 10.5 Å². The third-order valence-electron chi connectivity index (χ3n) is 3.14. The summed E-state index contributed by atoms with van der Waals surface area (Å²) in [5.41, 5.74) is 4.47. The third kappa shape index (κ3) is 4.85. The molecule has 0 radical (unpaired) electrons. The average Bonchev–Trinajstić information content (AvgIpc) is 2.56. The Morgan fingerprint density at radius 1 is 1.26 bits per heavy atom. The summed E-state index contributed by atoms with van der Waals surface area (Å²) in [5.74, 6) is 0.526. The van der Waals surface area contributed by atoms with E-state index in [1.54, 1.807) is 42.5 Å². The molecule has 0 heterocycles. The largest absolute Gasteiger partial charge is 0.507 e. The normalized spacial score (nSPS) is 10.7. The van der Waals surface area contributed by atoms with Crippen LogP contribution in [0.1, 0.15) is 34.8 Å². The summed E-state index contributed by atoms with van der Waals surface area (Å²) in [6, 6.07) is 12.0. The molecule has 0 aromatic heterocycles. The number of benzene rings is 2. The van der Waals surface area contributed by atoms with Crippen molar-refractivity contribution >= 4 is 12.1 Å². The van der Waals surface area contributed by atoms with Crippen LogP contribution in [0, 0.1) is 6.92 Å². The highest BCUT2D eigenvalue weighted by atomic mass is 16.5. The number of phenols is 1. The molecule has 0 spiro atoms. The van der Waals surface area contributed by atoms with Gasteiger partial charge in [0.1, 0.15) is 11.5 Å². The van der Waals surface area contributed by atoms with Crippen molar-refractivity contribution in [2.45, 2.75) is 20.3 Å². The van der Waals surface area contributed by atoms with Gasteiger partial charge < -0.3 is 9.84 Å². The third-order valence-corrected chi connectivity index (χ3v) is 3.14. The number of phenolic OH excluding ortho intramolecular Hbond substituents is 1. The lowest BCUT2D eigenvalue weighted by atomic mass is 10.1. The fourth-order valence-corrected chi connectivity index (χ4v) is 1.92. The number of rotatable bonds is 6. The van der Waals surface area contributed by atoms with Gasteiger partial charge in [-0.3, -0.25) is 4.79 Å². The summed E-state index contributed by atoms with van der Waals surface area (Å²) < 4.78 is 5.46. The van der Waals surface area contributed by atoms with Gasteiger partial charge in [-0.15, -0.1) is 0 Å². The molecule has 0 fully saturated rings. The first kappa shape index (κ1) is 16.5. The molecule has 0 aliphatic carbocycles. The second-order valence-electron chi connectivity index (χ2n) is 5.13. The molecule has 0 saturated heterocycles. The summed E-state index contributed by atoms with van der Waals surface area (Å²) in [7, 11) is 0. The fourth-order valence-electron chi connectivity index (χ4n) is 1.92. The van der Waals surface area contributed by atoms with Crippen molar-refractivity contribution in [3.8, 4) is 11.5 Å². The predicted octanol–water partition coefficient (Wildman–Crippen LogP) is 3.25. The van der Waals surface area contributed by atoms with E-state index in [4.69, 9.17) is 4.74 Å². The average molecular weight is 312 g/mol. The molecule has 5 heteroatoms. The monoisotopic (exact) mass is 312 g/mol. The van der Waals surface area contributed by atoms with E-state index in [0.29, 0.717) is 17.7 Å². The van der Waals surface area contributed by atoms with E-state index in [0.717, 1.165) is 17.7 Å². The van der Waals surface area contributed by atoms with E-state index in [9.17, 15) is 9.90 Å². The molecule has 0 aliphatic rings. The molecule has 5 nitrogen and oxygen atoms in total. The number of aromatic hydroxyl groups is 1. The van der Waals surface area contributed by atoms with Crippen LogP contribution in [-0.4, -0.2) is 23.8 Å². The lowest BCUT2D eigenvalue weighted by molar-refractivity contribution is 0.0955. The second kappa shape index (κ2) is 7.98. The Morgan fingerprint density at radius 3 is 2.70 bits per heavy atom. The van der Waals surface area contributed by atoms with E-state index in [1.165, 1.54) is 6.21 Å². The number of hydrogen-bond donors (Lipinski definition) is 2. The number of aryl methyl sites for hydroxylation is 1. The molecule has 0 unspecified atom stereocenters. The summed E-state index contributed by atoms with van der Waals surface area (Å²) >= 11 is 0. The number of amides is 1. The number of ether oxygens (including phenoxy) is 1. The van der Waals surface area contributed by atoms with Gasteiger partial charge in [0.15, 0.2) is 0 Å². The Bertz CT molecular complexity index is 694. The molecular weight excluding hydrogens is 292 g/mol. The molecule has 2 rings (SSSR count). The zero-order chi connectivity index (χ0) is 16.7. The molecule has 23 heavy (non-hydrogen) atoms. The minimum atomic E-state index is -0.324. The Kier molecular flexibility index (Phi) is 5.74. The molecule has 0 atom stereocenters. The molecule has 0 saturated carbocycles. The topological polar surface area (TPSA) is 70.9 Å². The van der Waals surface area contributed by atoms with Crippen LogP contribution < -0.4 is 10.2 Å². The number of hydrogen-bond acceptors (Lipinski definition) is 4. The maximum Gasteiger partial charge on any atom is 0.271 e. The summed E-state index contributed by atoms with van der Waals surface area (Å²) in [4.78, 5) is 12.0. The van der Waals surface area contributed by atoms with Crippen molar-refractivity contribution in [1.82, 2.24) is 5.43 Å². The summed E-state index contributed by atoms with van der Waals surface area (Å²) in [6.45, 7) is 4.60. The van der Waals surface area contributed by atoms with Crippen molar-refractivity contribution in [2.75, 3.05) is 6.61 Å². The SMILES string of the molecule is CCCOc1ccc(C(=O)N/N=C/c2cc(C)ccc2O)cc1. The quantitative estimate of drug-likeness (QED) is 0.635. The van der Waals surface area contributed by atoms with Gasteiger partial charge in [-0.1, -0.05) is 18.6 Å². The van der Waals surface area contributed by atoms with Crippen LogP contribution in [0.2, 0.25) is 0 Å². The van der Waals surface area contributed by atoms with Gasteiger partial charge in [0.25, 0.3) is 5.91 Å². The minimum Gasteiger partial charge on any atom is -0.507 e. The minimum absolute atomic E-state index is 0.117. The molecule has 0 aliphatic heterocycles. The van der Waals surface area contributed by atoms with Crippen LogP contribution in [0.5, 0.6) is 11.5 Å². The smallest absolute Gasteiger partial charge is 0.271 e. The van der Waals surface area contributed by atoms with Gasteiger partial charge in [0.05, 0.1) is 12.8 Å². The van der Waals surface area contributed by atoms with E-state index in [1.807, 2.05) is 13.8 Å². The molecular formula is C18H20N2O3. The zero-order valence-corrected chi connectivity index (χ0v) is 13.2. The lowest BCUT2D eigenvalue weighted by Crippen LogP contribution is -2.17. The van der Waals surface area contributed by atoms with Crippen LogP contribution >= 0.6 is 0 Å². The fraction of sp³-hybridized carbons (Fsp3) is 0.222. The van der Waals surface area contributed by atoms with Crippen molar-refractivity contribution < 1.29 is 14.6 Å². The van der Waals surface area contributed by atoms with Crippen LogP contribution in [0.3, 0.4) is 0 Å². The number of nitrogens with one attached hydrogen (secondary N) is 1. The summed E-state index contributed by atoms with van der Waals surface area (Å²) in [5, 5.41) is 13.6. The molecule has 0 bridgehead atoms. The Labute approximate surface area is 135 Å². The second-order valence-corrected chi connectivity index (χ2v) is 5.13. The first-order valence-electron chi connectivity index (χ1n) is 7.46. The van der Waals surface area contributed by atoms with E-state index < -0.39 is 0 Å². The Morgan fingerprint density at radius 2 is 2.00 bits per heavy atom. The van der Waals surface area contributed by atoms with Gasteiger partial charge in [-0.25, -0.2) is 5.43 Å². The van der Waals surface area contributed by atoms with Crippen molar-refractivity contribution in [2.24, 2.45) is 5.10 Å². The number of carbonyl (C=O) groups is 1. The number of nitrogens with zero attached hydrogens (tertiary/aromatic N) is 1. The predicted molar refractivity (Wildman–Crippen MR) is 90.1 cm³/mol. The van der Waals surface area contributed by atoms with Gasteiger partial charge in [0, 0.05) is 11.1 Å². The van der Waals surface area contributed by atoms with Crippen molar-refractivity contribution in [3.05, 3.63) is 59.2 Å². The van der Waals surface area contributed by atoms with Gasteiger partial charge in [-0.2, -0.15) is 5.10 Å². The summed E-state index contributed by atoms with van der Waals surface area (Å²) in [6.07, 6.45) is 2.35. The van der Waals surface area contributed by atoms with Crippen LogP contribution in [0.15, 0.2) is 47.6 Å². The molecule has 2 N–H and O–H groups in total. The van der Waals surface area contributed by atoms with E-state index >= 15 is 0 Å². The Hall–Kier alpha value is -2.82. The zero-order valence-electron chi connectivity index (χ0n) is 13.2. The van der Waals surface area contributed by atoms with Crippen LogP contribution in [0.4, 0.5) is 0 Å². The highest BCUT2D eigenvalue weighted by Gasteiger charge is 2.04. The number of hydrazone groups is 1. The molecule has 2 aromatic carbocycles. The van der Waals surface area contributed by atoms with Gasteiger partial charge in [0.2, 0.25) is 0 Å². The number of carbonyl (C=O) groups excluding carboxylic acids is 1. The molecule has 120 valence electrons.